The number of aliphatic hydroxyl groups is 5. The van der Waals surface area contributed by atoms with Crippen LogP contribution >= 0.6 is 0 Å². The van der Waals surface area contributed by atoms with Crippen molar-refractivity contribution in [3.63, 3.8) is 0 Å². The SMILES string of the molecule is OC[C@@H](O)Cc1cncc([C@H](O)[C@H](O)CO)n1. The summed E-state index contributed by atoms with van der Waals surface area (Å²) in [7, 11) is 0. The summed E-state index contributed by atoms with van der Waals surface area (Å²) in [6.45, 7) is -0.986. The fourth-order valence-corrected chi connectivity index (χ4v) is 1.27. The zero-order valence-corrected chi connectivity index (χ0v) is 9.14. The quantitative estimate of drug-likeness (QED) is 0.383. The van der Waals surface area contributed by atoms with Gasteiger partial charge in [0.2, 0.25) is 0 Å². The van der Waals surface area contributed by atoms with Gasteiger partial charge in [-0.2, -0.15) is 0 Å². The normalized spacial score (nSPS) is 16.5. The molecule has 0 saturated carbocycles. The lowest BCUT2D eigenvalue weighted by molar-refractivity contribution is -0.0176. The molecule has 0 aliphatic carbocycles. The summed E-state index contributed by atoms with van der Waals surface area (Å²) in [5.74, 6) is 0. The smallest absolute Gasteiger partial charge is 0.126 e. The van der Waals surface area contributed by atoms with Gasteiger partial charge in [0, 0.05) is 12.6 Å². The number of nitrogens with zero attached hydrogens (tertiary/aromatic N) is 2. The van der Waals surface area contributed by atoms with Crippen molar-refractivity contribution in [3.05, 3.63) is 23.8 Å². The van der Waals surface area contributed by atoms with E-state index >= 15 is 0 Å². The average molecular weight is 244 g/mol. The molecule has 0 aliphatic heterocycles. The molecule has 0 fully saturated rings. The van der Waals surface area contributed by atoms with E-state index in [4.69, 9.17) is 10.2 Å². The fraction of sp³-hybridized carbons (Fsp3) is 0.600. The highest BCUT2D eigenvalue weighted by Crippen LogP contribution is 2.14. The van der Waals surface area contributed by atoms with Crippen LogP contribution in [0.15, 0.2) is 12.4 Å². The number of hydrogen-bond donors (Lipinski definition) is 5. The standard InChI is InChI=1S/C10H16N2O5/c13-4-7(15)1-6-2-11-3-8(12-6)10(17)9(16)5-14/h2-3,7,9-10,13-17H,1,4-5H2/t7-,9+,10-/m0/s1. The third-order valence-electron chi connectivity index (χ3n) is 2.21. The third kappa shape index (κ3) is 3.99. The van der Waals surface area contributed by atoms with Gasteiger partial charge in [-0.05, 0) is 0 Å². The van der Waals surface area contributed by atoms with Crippen molar-refractivity contribution < 1.29 is 25.5 Å². The molecule has 17 heavy (non-hydrogen) atoms. The summed E-state index contributed by atoms with van der Waals surface area (Å²) in [4.78, 5) is 7.78. The van der Waals surface area contributed by atoms with Crippen molar-refractivity contribution in [1.29, 1.82) is 0 Å². The van der Waals surface area contributed by atoms with Gasteiger partial charge in [-0.15, -0.1) is 0 Å². The van der Waals surface area contributed by atoms with Gasteiger partial charge < -0.3 is 25.5 Å². The monoisotopic (exact) mass is 244 g/mol. The van der Waals surface area contributed by atoms with Crippen LogP contribution in [0.4, 0.5) is 0 Å². The van der Waals surface area contributed by atoms with Gasteiger partial charge in [0.1, 0.15) is 12.2 Å². The minimum atomic E-state index is -1.33. The van der Waals surface area contributed by atoms with Crippen molar-refractivity contribution >= 4 is 0 Å². The summed E-state index contributed by atoms with van der Waals surface area (Å²) in [6, 6.07) is 0. The molecule has 0 bridgehead atoms. The minimum Gasteiger partial charge on any atom is -0.394 e. The molecule has 0 amide bonds. The van der Waals surface area contributed by atoms with Gasteiger partial charge in [-0.3, -0.25) is 9.97 Å². The Morgan fingerprint density at radius 3 is 2.35 bits per heavy atom. The molecule has 3 atom stereocenters. The van der Waals surface area contributed by atoms with Gasteiger partial charge in [-0.1, -0.05) is 0 Å². The van der Waals surface area contributed by atoms with Crippen molar-refractivity contribution in [3.8, 4) is 0 Å². The first-order valence-corrected chi connectivity index (χ1v) is 5.15. The molecule has 0 aromatic carbocycles. The zero-order chi connectivity index (χ0) is 12.8. The fourth-order valence-electron chi connectivity index (χ4n) is 1.27. The average Bonchev–Trinajstić information content (AvgIpc) is 2.37. The molecule has 0 unspecified atom stereocenters. The first-order chi connectivity index (χ1) is 8.08. The van der Waals surface area contributed by atoms with Crippen LogP contribution in [0.25, 0.3) is 0 Å². The van der Waals surface area contributed by atoms with E-state index in [1.165, 1.54) is 12.4 Å². The van der Waals surface area contributed by atoms with Crippen LogP contribution in [0.3, 0.4) is 0 Å². The summed E-state index contributed by atoms with van der Waals surface area (Å²) in [5, 5.41) is 45.4. The Labute approximate surface area is 98.0 Å². The molecule has 5 N–H and O–H groups in total. The summed E-state index contributed by atoms with van der Waals surface area (Å²) >= 11 is 0. The molecule has 1 rings (SSSR count). The number of aliphatic hydroxyl groups excluding tert-OH is 5. The Morgan fingerprint density at radius 2 is 1.76 bits per heavy atom. The topological polar surface area (TPSA) is 127 Å². The van der Waals surface area contributed by atoms with E-state index in [0.29, 0.717) is 5.69 Å². The molecule has 1 aromatic rings. The van der Waals surface area contributed by atoms with E-state index in [1.54, 1.807) is 0 Å². The molecule has 0 aliphatic rings. The van der Waals surface area contributed by atoms with Crippen molar-refractivity contribution in [2.75, 3.05) is 13.2 Å². The molecule has 96 valence electrons. The Kier molecular flexibility index (Phi) is 5.39. The maximum absolute atomic E-state index is 9.58. The van der Waals surface area contributed by atoms with Crippen molar-refractivity contribution in [1.82, 2.24) is 9.97 Å². The third-order valence-corrected chi connectivity index (χ3v) is 2.21. The Bertz CT molecular complexity index is 349. The summed E-state index contributed by atoms with van der Waals surface area (Å²) < 4.78 is 0. The highest BCUT2D eigenvalue weighted by atomic mass is 16.4. The first kappa shape index (κ1) is 13.9. The van der Waals surface area contributed by atoms with Gasteiger partial charge >= 0.3 is 0 Å². The number of rotatable bonds is 6. The molecular formula is C10H16N2O5. The largest absolute Gasteiger partial charge is 0.394 e. The molecule has 0 saturated heterocycles. The molecule has 7 nitrogen and oxygen atoms in total. The lowest BCUT2D eigenvalue weighted by Gasteiger charge is -2.15. The second kappa shape index (κ2) is 6.58. The summed E-state index contributed by atoms with van der Waals surface area (Å²) in [5.41, 5.74) is 0.488. The van der Waals surface area contributed by atoms with Gasteiger partial charge in [0.15, 0.2) is 0 Å². The van der Waals surface area contributed by atoms with E-state index in [1.807, 2.05) is 0 Å². The Balaban J connectivity index is 2.78. The Morgan fingerprint density at radius 1 is 1.06 bits per heavy atom. The van der Waals surface area contributed by atoms with Crippen LogP contribution in [0, 0.1) is 0 Å². The Hall–Kier alpha value is -1.12. The number of aromatic nitrogens is 2. The van der Waals surface area contributed by atoms with E-state index in [-0.39, 0.29) is 12.1 Å². The predicted molar refractivity (Wildman–Crippen MR) is 56.9 cm³/mol. The highest BCUT2D eigenvalue weighted by molar-refractivity contribution is 5.08. The highest BCUT2D eigenvalue weighted by Gasteiger charge is 2.19. The van der Waals surface area contributed by atoms with Crippen LogP contribution in [-0.4, -0.2) is 60.9 Å². The van der Waals surface area contributed by atoms with Crippen molar-refractivity contribution in [2.24, 2.45) is 0 Å². The number of hydrogen-bond acceptors (Lipinski definition) is 7. The van der Waals surface area contributed by atoms with Crippen LogP contribution in [0.1, 0.15) is 17.5 Å². The van der Waals surface area contributed by atoms with E-state index in [9.17, 15) is 15.3 Å². The predicted octanol–water partition coefficient (Wildman–Crippen LogP) is -2.24. The van der Waals surface area contributed by atoms with Crippen molar-refractivity contribution in [2.45, 2.75) is 24.7 Å². The molecule has 1 heterocycles. The lowest BCUT2D eigenvalue weighted by Crippen LogP contribution is -2.24. The lowest BCUT2D eigenvalue weighted by atomic mass is 10.1. The first-order valence-electron chi connectivity index (χ1n) is 5.15. The summed E-state index contributed by atoms with van der Waals surface area (Å²) in [6.07, 6.45) is -0.863. The molecular weight excluding hydrogens is 228 g/mol. The van der Waals surface area contributed by atoms with Crippen LogP contribution in [-0.2, 0) is 6.42 Å². The second-order valence-electron chi connectivity index (χ2n) is 3.67. The maximum Gasteiger partial charge on any atom is 0.126 e. The van der Waals surface area contributed by atoms with E-state index in [2.05, 4.69) is 9.97 Å². The maximum atomic E-state index is 9.58. The molecule has 0 spiro atoms. The van der Waals surface area contributed by atoms with E-state index in [0.717, 1.165) is 0 Å². The van der Waals surface area contributed by atoms with Crippen LogP contribution in [0.5, 0.6) is 0 Å². The molecule has 0 radical (unpaired) electrons. The minimum absolute atomic E-state index is 0.0965. The van der Waals surface area contributed by atoms with Gasteiger partial charge in [0.25, 0.3) is 0 Å². The van der Waals surface area contributed by atoms with Crippen LogP contribution in [0.2, 0.25) is 0 Å². The van der Waals surface area contributed by atoms with Gasteiger partial charge in [-0.25, -0.2) is 0 Å². The van der Waals surface area contributed by atoms with Crippen LogP contribution < -0.4 is 0 Å². The van der Waals surface area contributed by atoms with Gasteiger partial charge in [0.05, 0.1) is 36.9 Å². The second-order valence-corrected chi connectivity index (χ2v) is 3.67. The molecule has 7 heteroatoms. The van der Waals surface area contributed by atoms with E-state index < -0.39 is 31.5 Å². The molecule has 1 aromatic heterocycles. The zero-order valence-electron chi connectivity index (χ0n) is 9.14.